The molecule has 0 bridgehead atoms. The van der Waals surface area contributed by atoms with Gasteiger partial charge >= 0.3 is 6.09 Å². The summed E-state index contributed by atoms with van der Waals surface area (Å²) in [6.45, 7) is 7.21. The van der Waals surface area contributed by atoms with Crippen LogP contribution in [0.2, 0.25) is 5.02 Å². The second-order valence-electron chi connectivity index (χ2n) is 8.93. The summed E-state index contributed by atoms with van der Waals surface area (Å²) in [6.07, 6.45) is 6.46. The van der Waals surface area contributed by atoms with Crippen LogP contribution in [-0.4, -0.2) is 42.1 Å². The fourth-order valence-corrected chi connectivity index (χ4v) is 3.22. The highest BCUT2D eigenvalue weighted by Gasteiger charge is 2.30. The Morgan fingerprint density at radius 1 is 1.25 bits per heavy atom. The number of aromatic nitrogens is 5. The summed E-state index contributed by atoms with van der Waals surface area (Å²) in [5, 5.41) is 12.0. The summed E-state index contributed by atoms with van der Waals surface area (Å²) in [5.74, 6) is 0.878. The number of ether oxygens (including phenoxy) is 1. The van der Waals surface area contributed by atoms with E-state index >= 15 is 0 Å². The first-order valence-corrected chi connectivity index (χ1v) is 10.8. The second kappa shape index (κ2) is 8.38. The quantitative estimate of drug-likeness (QED) is 0.614. The molecule has 0 radical (unpaired) electrons. The van der Waals surface area contributed by atoms with E-state index in [1.807, 2.05) is 6.92 Å². The smallest absolute Gasteiger partial charge is 0.437 e. The topological polar surface area (TPSA) is 104 Å². The Bertz CT molecular complexity index is 1170. The maximum atomic E-state index is 12.7. The van der Waals surface area contributed by atoms with E-state index in [1.165, 1.54) is 0 Å². The molecule has 32 heavy (non-hydrogen) atoms. The highest BCUT2D eigenvalue weighted by molar-refractivity contribution is 6.31. The van der Waals surface area contributed by atoms with Crippen LogP contribution in [-0.2, 0) is 16.0 Å². The summed E-state index contributed by atoms with van der Waals surface area (Å²) in [4.78, 5) is 29.6. The molecule has 1 aliphatic carbocycles. The van der Waals surface area contributed by atoms with E-state index in [9.17, 15) is 9.59 Å². The molecular weight excluding hydrogens is 432 g/mol. The molecule has 3 aromatic rings. The van der Waals surface area contributed by atoms with Gasteiger partial charge in [0.25, 0.3) is 0 Å². The number of hydrogen-bond acceptors (Lipinski definition) is 6. The van der Waals surface area contributed by atoms with Crippen LogP contribution in [0.3, 0.4) is 0 Å². The van der Waals surface area contributed by atoms with Crippen molar-refractivity contribution in [3.8, 4) is 5.82 Å². The molecule has 10 heteroatoms. The minimum absolute atomic E-state index is 0.0673. The molecular formula is C22H25ClN6O3. The molecule has 0 unspecified atom stereocenters. The van der Waals surface area contributed by atoms with Gasteiger partial charge in [-0.05, 0) is 51.7 Å². The van der Waals surface area contributed by atoms with Crippen molar-refractivity contribution in [3.05, 3.63) is 52.6 Å². The van der Waals surface area contributed by atoms with Gasteiger partial charge in [0, 0.05) is 35.5 Å². The van der Waals surface area contributed by atoms with Crippen LogP contribution in [0.1, 0.15) is 56.4 Å². The van der Waals surface area contributed by atoms with Crippen molar-refractivity contribution in [2.75, 3.05) is 5.32 Å². The lowest BCUT2D eigenvalue weighted by molar-refractivity contribution is -0.115. The summed E-state index contributed by atoms with van der Waals surface area (Å²) >= 11 is 6.16. The average Bonchev–Trinajstić information content (AvgIpc) is 3.30. The Morgan fingerprint density at radius 2 is 2.00 bits per heavy atom. The van der Waals surface area contributed by atoms with E-state index in [4.69, 9.17) is 16.3 Å². The number of halogens is 1. The first-order valence-electron chi connectivity index (χ1n) is 10.4. The largest absolute Gasteiger partial charge is 0.442 e. The Morgan fingerprint density at radius 3 is 2.66 bits per heavy atom. The molecule has 1 N–H and O–H groups in total. The van der Waals surface area contributed by atoms with Crippen LogP contribution in [0.4, 0.5) is 10.6 Å². The van der Waals surface area contributed by atoms with Gasteiger partial charge in [-0.25, -0.2) is 14.5 Å². The SMILES string of the molecule is Cc1cnc(-n2cc(CC(=O)Nc3cc(C4CC4)nn3C(=O)OC(C)(C)C)cn2)cc1Cl. The number of carbonyl (C=O) groups excluding carboxylic acids is 2. The molecule has 1 aliphatic rings. The van der Waals surface area contributed by atoms with Gasteiger partial charge in [0.15, 0.2) is 5.82 Å². The lowest BCUT2D eigenvalue weighted by Gasteiger charge is -2.19. The van der Waals surface area contributed by atoms with E-state index in [1.54, 1.807) is 56.2 Å². The van der Waals surface area contributed by atoms with Gasteiger partial charge < -0.3 is 10.1 Å². The average molecular weight is 457 g/mol. The predicted molar refractivity (Wildman–Crippen MR) is 119 cm³/mol. The molecule has 0 saturated heterocycles. The Balaban J connectivity index is 1.48. The number of rotatable bonds is 5. The second-order valence-corrected chi connectivity index (χ2v) is 9.34. The number of nitrogens with one attached hydrogen (secondary N) is 1. The van der Waals surface area contributed by atoms with Gasteiger partial charge in [0.05, 0.1) is 18.3 Å². The van der Waals surface area contributed by atoms with Gasteiger partial charge in [0.1, 0.15) is 11.4 Å². The van der Waals surface area contributed by atoms with Crippen molar-refractivity contribution in [2.24, 2.45) is 0 Å². The van der Waals surface area contributed by atoms with Crippen LogP contribution >= 0.6 is 11.6 Å². The minimum Gasteiger partial charge on any atom is -0.442 e. The lowest BCUT2D eigenvalue weighted by atomic mass is 10.2. The molecule has 0 spiro atoms. The monoisotopic (exact) mass is 456 g/mol. The van der Waals surface area contributed by atoms with Crippen molar-refractivity contribution in [1.82, 2.24) is 24.5 Å². The maximum Gasteiger partial charge on any atom is 0.437 e. The number of carbonyl (C=O) groups is 2. The van der Waals surface area contributed by atoms with E-state index < -0.39 is 11.7 Å². The van der Waals surface area contributed by atoms with E-state index in [-0.39, 0.29) is 12.3 Å². The van der Waals surface area contributed by atoms with Gasteiger partial charge in [0.2, 0.25) is 5.91 Å². The van der Waals surface area contributed by atoms with E-state index in [2.05, 4.69) is 20.5 Å². The van der Waals surface area contributed by atoms with Crippen molar-refractivity contribution in [3.63, 3.8) is 0 Å². The summed E-state index contributed by atoms with van der Waals surface area (Å²) < 4.78 is 8.11. The molecule has 168 valence electrons. The third-order valence-electron chi connectivity index (χ3n) is 4.82. The third kappa shape index (κ3) is 5.16. The van der Waals surface area contributed by atoms with Crippen LogP contribution in [0, 0.1) is 6.92 Å². The Hall–Kier alpha value is -3.20. The minimum atomic E-state index is -0.675. The van der Waals surface area contributed by atoms with Crippen LogP contribution < -0.4 is 5.32 Å². The van der Waals surface area contributed by atoms with Crippen molar-refractivity contribution in [1.29, 1.82) is 0 Å². The van der Waals surface area contributed by atoms with Gasteiger partial charge in [-0.2, -0.15) is 10.2 Å². The standard InChI is InChI=1S/C22H25ClN6O3/c1-13-10-24-18(8-16(13)23)28-12-14(11-25-28)7-20(30)26-19-9-17(15-5-6-15)27-29(19)21(31)32-22(2,3)4/h8-12,15H,5-7H2,1-4H3,(H,26,30). The zero-order valence-electron chi connectivity index (χ0n) is 18.4. The Labute approximate surface area is 190 Å². The van der Waals surface area contributed by atoms with Gasteiger partial charge in [-0.3, -0.25) is 4.79 Å². The molecule has 9 nitrogen and oxygen atoms in total. The normalized spacial score (nSPS) is 13.8. The maximum absolute atomic E-state index is 12.7. The molecule has 0 aromatic carbocycles. The molecule has 4 rings (SSSR count). The molecule has 1 fully saturated rings. The zero-order chi connectivity index (χ0) is 23.0. The number of pyridine rings is 1. The number of amides is 1. The fraction of sp³-hybridized carbons (Fsp3) is 0.409. The molecule has 1 amide bonds. The van der Waals surface area contributed by atoms with Crippen LogP contribution in [0.15, 0.2) is 30.7 Å². The highest BCUT2D eigenvalue weighted by Crippen LogP contribution is 2.40. The number of aryl methyl sites for hydroxylation is 1. The summed E-state index contributed by atoms with van der Waals surface area (Å²) in [5.41, 5.74) is 1.66. The first-order chi connectivity index (χ1) is 15.1. The third-order valence-corrected chi connectivity index (χ3v) is 5.22. The molecule has 0 atom stereocenters. The van der Waals surface area contributed by atoms with E-state index in [0.717, 1.165) is 28.8 Å². The predicted octanol–water partition coefficient (Wildman–Crippen LogP) is 4.27. The lowest BCUT2D eigenvalue weighted by Crippen LogP contribution is -2.29. The molecule has 1 saturated carbocycles. The van der Waals surface area contributed by atoms with Crippen molar-refractivity contribution >= 4 is 29.4 Å². The van der Waals surface area contributed by atoms with Crippen molar-refractivity contribution < 1.29 is 14.3 Å². The fourth-order valence-electron chi connectivity index (χ4n) is 3.07. The van der Waals surface area contributed by atoms with Gasteiger partial charge in [-0.1, -0.05) is 11.6 Å². The number of hydrogen-bond donors (Lipinski definition) is 1. The number of anilines is 1. The first kappa shape index (κ1) is 22.0. The van der Waals surface area contributed by atoms with Crippen LogP contribution in [0.5, 0.6) is 0 Å². The number of nitrogens with zero attached hydrogens (tertiary/aromatic N) is 5. The zero-order valence-corrected chi connectivity index (χ0v) is 19.2. The summed E-state index contributed by atoms with van der Waals surface area (Å²) in [6, 6.07) is 3.45. The molecule has 0 aliphatic heterocycles. The molecule has 3 heterocycles. The molecule has 3 aromatic heterocycles. The van der Waals surface area contributed by atoms with Gasteiger partial charge in [-0.15, -0.1) is 4.68 Å². The Kier molecular flexibility index (Phi) is 5.77. The van der Waals surface area contributed by atoms with Crippen molar-refractivity contribution in [2.45, 2.75) is 58.5 Å². The van der Waals surface area contributed by atoms with Crippen LogP contribution in [0.25, 0.3) is 5.82 Å². The van der Waals surface area contributed by atoms with E-state index in [0.29, 0.717) is 28.1 Å². The summed E-state index contributed by atoms with van der Waals surface area (Å²) in [7, 11) is 0. The highest BCUT2D eigenvalue weighted by atomic mass is 35.5.